The van der Waals surface area contributed by atoms with Gasteiger partial charge in [-0.15, -0.1) is 0 Å². The second-order valence-corrected chi connectivity index (χ2v) is 12.2. The number of aryl methyl sites for hydroxylation is 1. The third-order valence-electron chi connectivity index (χ3n) is 3.05. The smallest absolute Gasteiger partial charge is 0.561 e. The number of rotatable bonds is 10. The third kappa shape index (κ3) is 22.8. The van der Waals surface area contributed by atoms with E-state index >= 15 is 0 Å². The molecule has 0 aliphatic rings. The molecule has 0 aliphatic heterocycles. The summed E-state index contributed by atoms with van der Waals surface area (Å²) in [5.41, 5.74) is 0.103. The molecule has 40 heavy (non-hydrogen) atoms. The maximum atomic E-state index is 11.3. The highest BCUT2D eigenvalue weighted by Crippen LogP contribution is 2.56. The van der Waals surface area contributed by atoms with E-state index < -0.39 is 49.2 Å². The van der Waals surface area contributed by atoms with Gasteiger partial charge in [0.1, 0.15) is 0 Å². The van der Waals surface area contributed by atoms with Crippen LogP contribution < -0.4 is 14.9 Å². The van der Waals surface area contributed by atoms with Gasteiger partial charge in [-0.2, -0.15) is 0 Å². The Bertz CT molecular complexity index is 967. The molecule has 0 aromatic carbocycles. The predicted molar refractivity (Wildman–Crippen MR) is 140 cm³/mol. The number of oxazole rings is 1. The molecule has 0 saturated carbocycles. The molecule has 1 rings (SSSR count). The lowest BCUT2D eigenvalue weighted by Crippen LogP contribution is -2.47. The largest absolute Gasteiger partial charge is 0.588 e. The Morgan fingerprint density at radius 3 is 1.70 bits per heavy atom. The van der Waals surface area contributed by atoms with Gasteiger partial charge in [0, 0.05) is 13.8 Å². The molecule has 21 heteroatoms. The molecule has 1 heterocycles. The van der Waals surface area contributed by atoms with Crippen LogP contribution in [0.4, 0.5) is 0 Å². The zero-order valence-corrected chi connectivity index (χ0v) is 26.3. The molecule has 1 atom stereocenters. The van der Waals surface area contributed by atoms with E-state index in [0.717, 1.165) is 0 Å². The molecule has 0 saturated heterocycles. The summed E-state index contributed by atoms with van der Waals surface area (Å²) in [5, 5.41) is 2.16. The number of esters is 3. The summed E-state index contributed by atoms with van der Waals surface area (Å²) in [6, 6.07) is -1.37. The predicted octanol–water partition coefficient (Wildman–Crippen LogP) is 2.34. The summed E-state index contributed by atoms with van der Waals surface area (Å²) >= 11 is 14.4. The molecule has 16 nitrogen and oxygen atoms in total. The van der Waals surface area contributed by atoms with E-state index in [9.17, 15) is 33.2 Å². The summed E-state index contributed by atoms with van der Waals surface area (Å²) in [6.45, 7) is 10.6. The average molecular weight is 680 g/mol. The molecule has 232 valence electrons. The molecule has 0 spiro atoms. The Balaban J connectivity index is -0.000000505. The summed E-state index contributed by atoms with van der Waals surface area (Å²) in [6.07, 6.45) is 0. The third-order valence-corrected chi connectivity index (χ3v) is 4.75. The number of carbonyl (C=O) groups is 4. The summed E-state index contributed by atoms with van der Waals surface area (Å²) < 4.78 is 42.2. The van der Waals surface area contributed by atoms with Crippen molar-refractivity contribution < 1.29 is 66.4 Å². The molecule has 1 unspecified atom stereocenters. The number of ether oxygens (including phenoxy) is 4. The van der Waals surface area contributed by atoms with E-state index in [1.807, 2.05) is 0 Å². The number of hydrogen-bond donors (Lipinski definition) is 3. The minimum Gasteiger partial charge on any atom is -0.588 e. The lowest BCUT2D eigenvalue weighted by atomic mass is 10.3. The van der Waals surface area contributed by atoms with Crippen LogP contribution in [-0.4, -0.2) is 75.4 Å². The van der Waals surface area contributed by atoms with Crippen LogP contribution in [0.2, 0.25) is 0 Å². The van der Waals surface area contributed by atoms with Crippen molar-refractivity contribution in [2.24, 2.45) is 0 Å². The van der Waals surface area contributed by atoms with Gasteiger partial charge in [0.2, 0.25) is 17.6 Å². The monoisotopic (exact) mass is 678 g/mol. The summed E-state index contributed by atoms with van der Waals surface area (Å²) in [7, 11) is -8.36. The van der Waals surface area contributed by atoms with Crippen molar-refractivity contribution in [3.63, 3.8) is 0 Å². The van der Waals surface area contributed by atoms with Crippen molar-refractivity contribution in [2.75, 3.05) is 26.4 Å². The highest BCUT2D eigenvalue weighted by Gasteiger charge is 2.31. The number of amides is 1. The van der Waals surface area contributed by atoms with Crippen molar-refractivity contribution in [2.45, 2.75) is 51.9 Å². The van der Waals surface area contributed by atoms with Crippen LogP contribution in [0, 0.1) is 6.92 Å². The molecule has 1 aromatic rings. The molecule has 1 amide bonds. The number of aromatic nitrogens is 1. The van der Waals surface area contributed by atoms with Crippen LogP contribution >= 0.6 is 49.8 Å². The van der Waals surface area contributed by atoms with Gasteiger partial charge in [0.05, 0.1) is 26.4 Å². The topological polar surface area (TPSA) is 241 Å². The Hall–Kier alpha value is -2.03. The highest BCUT2D eigenvalue weighted by atomic mass is 35.6. The Labute approximate surface area is 245 Å². The maximum Gasteiger partial charge on any atom is 0.561 e. The van der Waals surface area contributed by atoms with E-state index in [1.165, 1.54) is 6.92 Å². The van der Waals surface area contributed by atoms with Crippen LogP contribution in [0.1, 0.15) is 51.0 Å². The molecule has 3 N–H and O–H groups in total. The van der Waals surface area contributed by atoms with Gasteiger partial charge in [-0.25, -0.2) is 23.9 Å². The van der Waals surface area contributed by atoms with E-state index in [0.29, 0.717) is 19.1 Å². The van der Waals surface area contributed by atoms with Gasteiger partial charge in [-0.05, 0) is 27.7 Å². The maximum absolute atomic E-state index is 11.3. The minimum atomic E-state index is -4.78. The Kier molecular flexibility index (Phi) is 25.1. The van der Waals surface area contributed by atoms with Gasteiger partial charge < -0.3 is 33.6 Å². The first-order chi connectivity index (χ1) is 18.4. The summed E-state index contributed by atoms with van der Waals surface area (Å²) in [4.78, 5) is 73.0. The van der Waals surface area contributed by atoms with Gasteiger partial charge in [-0.1, -0.05) is 39.4 Å². The van der Waals surface area contributed by atoms with Crippen molar-refractivity contribution in [1.29, 1.82) is 0 Å². The van der Waals surface area contributed by atoms with Gasteiger partial charge in [-0.3, -0.25) is 14.6 Å². The highest BCUT2D eigenvalue weighted by molar-refractivity contribution is 8.19. The number of hydrogen-bond acceptors (Lipinski definition) is 13. The molecular formula is C19H31Cl3N2O14P2. The van der Waals surface area contributed by atoms with Gasteiger partial charge >= 0.3 is 38.9 Å². The van der Waals surface area contributed by atoms with Crippen molar-refractivity contribution in [1.82, 2.24) is 10.3 Å². The number of nitrogens with one attached hydrogen (secondary N) is 1. The van der Waals surface area contributed by atoms with Crippen molar-refractivity contribution in [3.8, 4) is 5.95 Å². The lowest BCUT2D eigenvalue weighted by Gasteiger charge is -2.14. The standard InChI is InChI=1S/C9H15NO5.C9H13NO4.CHCl3.H2O5P2/c1-4-14-8(12)7(10-6(3)11)9(13)15-5-2;1-4-12-8(11)7-9(13-5-2)14-6(3)10-7;2-1(3)4;1-6(2)7(3,4)5/h7H,4-5H2,1-3H3,(H,10,11);4-5H2,1-3H3;1H;(H2,3,4,5). The lowest BCUT2D eigenvalue weighted by molar-refractivity contribution is -0.160. The summed E-state index contributed by atoms with van der Waals surface area (Å²) in [5.74, 6) is -2.13. The molecule has 0 fully saturated rings. The van der Waals surface area contributed by atoms with Gasteiger partial charge in [0.25, 0.3) is 0 Å². The van der Waals surface area contributed by atoms with Gasteiger partial charge in [0.15, 0.2) is 10.2 Å². The molecular weight excluding hydrogens is 649 g/mol. The Morgan fingerprint density at radius 1 is 1.00 bits per heavy atom. The van der Waals surface area contributed by atoms with Crippen LogP contribution in [0.3, 0.4) is 0 Å². The second-order valence-electron chi connectivity index (χ2n) is 6.16. The molecule has 0 radical (unpaired) electrons. The fourth-order valence-electron chi connectivity index (χ4n) is 1.83. The van der Waals surface area contributed by atoms with E-state index in [2.05, 4.69) is 19.8 Å². The van der Waals surface area contributed by atoms with E-state index in [-0.39, 0.29) is 24.9 Å². The SMILES string of the molecule is CCOC(=O)C(NC(C)=O)C(=O)OCC.CCOC(=O)c1nc(C)oc1OCC.ClC(Cl)Cl.O=[P+]([O-])P(=O)(O)O. The average Bonchev–Trinajstić information content (AvgIpc) is 3.18. The van der Waals surface area contributed by atoms with Crippen LogP contribution in [-0.2, 0) is 37.7 Å². The first-order valence-corrected chi connectivity index (χ1v) is 15.7. The number of alkyl halides is 3. The van der Waals surface area contributed by atoms with Crippen molar-refractivity contribution >= 4 is 73.6 Å². The van der Waals surface area contributed by atoms with Crippen LogP contribution in [0.25, 0.3) is 0 Å². The second kappa shape index (κ2) is 23.7. The zero-order valence-electron chi connectivity index (χ0n) is 22.3. The quantitative estimate of drug-likeness (QED) is 0.106. The number of halogens is 3. The normalized spacial score (nSPS) is 10.4. The first kappa shape index (κ1) is 42.4. The van der Waals surface area contributed by atoms with Crippen LogP contribution in [0.15, 0.2) is 4.42 Å². The fourth-order valence-corrected chi connectivity index (χ4v) is 1.83. The molecule has 0 bridgehead atoms. The minimum absolute atomic E-state index is 0.103. The van der Waals surface area contributed by atoms with E-state index in [1.54, 1.807) is 34.6 Å². The zero-order chi connectivity index (χ0) is 32.1. The Morgan fingerprint density at radius 2 is 1.40 bits per heavy atom. The first-order valence-electron chi connectivity index (χ1n) is 10.9. The molecule has 0 aliphatic carbocycles. The van der Waals surface area contributed by atoms with E-state index in [4.69, 9.17) is 58.5 Å². The number of nitrogens with zero attached hydrogens (tertiary/aromatic N) is 1. The van der Waals surface area contributed by atoms with Crippen LogP contribution in [0.5, 0.6) is 5.95 Å². The number of carbonyl (C=O) groups excluding carboxylic acids is 4. The molecule has 1 aromatic heterocycles. The fraction of sp³-hybridized carbons (Fsp3) is 0.632. The van der Waals surface area contributed by atoms with Crippen molar-refractivity contribution in [3.05, 3.63) is 11.6 Å².